The number of benzene rings is 3. The molecule has 0 heterocycles. The third-order valence-corrected chi connectivity index (χ3v) is 6.15. The Bertz CT molecular complexity index is 1260. The molecule has 0 saturated carbocycles. The molecule has 0 bridgehead atoms. The van der Waals surface area contributed by atoms with Crippen molar-refractivity contribution in [2.45, 2.75) is 11.8 Å². The highest BCUT2D eigenvalue weighted by molar-refractivity contribution is 7.92. The van der Waals surface area contributed by atoms with E-state index in [0.29, 0.717) is 34.4 Å². The third kappa shape index (κ3) is 5.88. The van der Waals surface area contributed by atoms with Crippen LogP contribution in [0.3, 0.4) is 0 Å². The van der Waals surface area contributed by atoms with Crippen molar-refractivity contribution in [3.05, 3.63) is 71.2 Å². The molecule has 0 fully saturated rings. The number of nitrogens with one attached hydrogen (secondary N) is 2. The van der Waals surface area contributed by atoms with Gasteiger partial charge in [0, 0.05) is 16.7 Å². The van der Waals surface area contributed by atoms with Crippen LogP contribution in [0.4, 0.5) is 11.4 Å². The van der Waals surface area contributed by atoms with Crippen molar-refractivity contribution in [1.29, 1.82) is 0 Å². The monoisotopic (exact) mass is 490 g/mol. The van der Waals surface area contributed by atoms with Gasteiger partial charge in [-0.2, -0.15) is 0 Å². The predicted octanol–water partition coefficient (Wildman–Crippen LogP) is 4.81. The van der Waals surface area contributed by atoms with E-state index in [1.54, 1.807) is 37.3 Å². The Hall–Kier alpha value is -3.43. The van der Waals surface area contributed by atoms with E-state index in [4.69, 9.17) is 25.8 Å². The second-order valence-corrected chi connectivity index (χ2v) is 8.85. The van der Waals surface area contributed by atoms with Gasteiger partial charge in [0.05, 0.1) is 37.1 Å². The van der Waals surface area contributed by atoms with Crippen molar-refractivity contribution >= 4 is 38.9 Å². The summed E-state index contributed by atoms with van der Waals surface area (Å²) in [6.45, 7) is 2.11. The molecule has 1 amide bonds. The normalized spacial score (nSPS) is 10.9. The average Bonchev–Trinajstić information content (AvgIpc) is 2.80. The molecular formula is C23H23ClN2O6S. The van der Waals surface area contributed by atoms with Crippen LogP contribution in [-0.4, -0.2) is 35.2 Å². The maximum Gasteiger partial charge on any atom is 0.262 e. The topological polar surface area (TPSA) is 103 Å². The van der Waals surface area contributed by atoms with Crippen LogP contribution < -0.4 is 24.2 Å². The Morgan fingerprint density at radius 1 is 0.939 bits per heavy atom. The molecule has 3 aromatic rings. The van der Waals surface area contributed by atoms with Crippen molar-refractivity contribution in [2.75, 3.05) is 30.9 Å². The number of halogens is 1. The van der Waals surface area contributed by atoms with Crippen LogP contribution in [0, 0.1) is 0 Å². The van der Waals surface area contributed by atoms with Crippen LogP contribution in [0.25, 0.3) is 0 Å². The van der Waals surface area contributed by atoms with E-state index < -0.39 is 15.9 Å². The molecule has 3 aromatic carbocycles. The predicted molar refractivity (Wildman–Crippen MR) is 127 cm³/mol. The molecule has 0 saturated heterocycles. The van der Waals surface area contributed by atoms with Gasteiger partial charge in [0.15, 0.2) is 0 Å². The van der Waals surface area contributed by atoms with Gasteiger partial charge < -0.3 is 19.5 Å². The zero-order chi connectivity index (χ0) is 24.0. The number of anilines is 2. The van der Waals surface area contributed by atoms with Gasteiger partial charge in [0.2, 0.25) is 0 Å². The number of methoxy groups -OCH3 is 2. The molecule has 0 aliphatic heterocycles. The van der Waals surface area contributed by atoms with E-state index in [1.807, 2.05) is 0 Å². The Labute approximate surface area is 197 Å². The van der Waals surface area contributed by atoms with E-state index in [9.17, 15) is 13.2 Å². The Morgan fingerprint density at radius 3 is 2.39 bits per heavy atom. The first-order valence-electron chi connectivity index (χ1n) is 9.86. The van der Waals surface area contributed by atoms with Gasteiger partial charge in [-0.25, -0.2) is 8.42 Å². The summed E-state index contributed by atoms with van der Waals surface area (Å²) >= 11 is 5.97. The van der Waals surface area contributed by atoms with Gasteiger partial charge in [-0.3, -0.25) is 9.52 Å². The molecule has 0 aliphatic carbocycles. The summed E-state index contributed by atoms with van der Waals surface area (Å²) in [5.74, 6) is 0.673. The molecule has 33 heavy (non-hydrogen) atoms. The lowest BCUT2D eigenvalue weighted by atomic mass is 10.2. The standard InChI is InChI=1S/C23H23ClN2O6S/c1-4-32-21-11-9-18(14-20(21)25-23(27)15-6-5-7-16(24)12-15)33(28,29)26-19-10-8-17(30-2)13-22(19)31-3/h5-14,26H,4H2,1-3H3,(H,25,27). The first-order valence-corrected chi connectivity index (χ1v) is 11.7. The summed E-state index contributed by atoms with van der Waals surface area (Å²) in [5, 5.41) is 3.10. The minimum Gasteiger partial charge on any atom is -0.497 e. The van der Waals surface area contributed by atoms with Gasteiger partial charge in [-0.1, -0.05) is 17.7 Å². The van der Waals surface area contributed by atoms with Crippen molar-refractivity contribution in [3.63, 3.8) is 0 Å². The van der Waals surface area contributed by atoms with E-state index in [1.165, 1.54) is 44.6 Å². The quantitative estimate of drug-likeness (QED) is 0.446. The summed E-state index contributed by atoms with van der Waals surface area (Å²) in [5.41, 5.74) is 0.752. The largest absolute Gasteiger partial charge is 0.497 e. The molecule has 3 rings (SSSR count). The highest BCUT2D eigenvalue weighted by atomic mass is 35.5. The van der Waals surface area contributed by atoms with E-state index in [0.717, 1.165) is 0 Å². The second kappa shape index (κ2) is 10.5. The lowest BCUT2D eigenvalue weighted by Gasteiger charge is -2.16. The van der Waals surface area contributed by atoms with Crippen LogP contribution in [0.1, 0.15) is 17.3 Å². The first kappa shape index (κ1) is 24.2. The van der Waals surface area contributed by atoms with Gasteiger partial charge in [0.1, 0.15) is 17.2 Å². The molecule has 2 N–H and O–H groups in total. The average molecular weight is 491 g/mol. The minimum atomic E-state index is -4.03. The Morgan fingerprint density at radius 2 is 1.73 bits per heavy atom. The van der Waals surface area contributed by atoms with Crippen LogP contribution in [0.5, 0.6) is 17.2 Å². The third-order valence-electron chi connectivity index (χ3n) is 4.55. The fraction of sp³-hybridized carbons (Fsp3) is 0.174. The molecule has 0 radical (unpaired) electrons. The molecular weight excluding hydrogens is 468 g/mol. The zero-order valence-electron chi connectivity index (χ0n) is 18.2. The number of carbonyl (C=O) groups is 1. The highest BCUT2D eigenvalue weighted by Crippen LogP contribution is 2.33. The molecule has 0 unspecified atom stereocenters. The smallest absolute Gasteiger partial charge is 0.262 e. The van der Waals surface area contributed by atoms with Gasteiger partial charge in [0.25, 0.3) is 15.9 Å². The Kier molecular flexibility index (Phi) is 7.67. The Balaban J connectivity index is 1.94. The van der Waals surface area contributed by atoms with Crippen LogP contribution in [-0.2, 0) is 10.0 Å². The van der Waals surface area contributed by atoms with E-state index in [-0.39, 0.29) is 16.3 Å². The minimum absolute atomic E-state index is 0.0785. The molecule has 0 atom stereocenters. The maximum absolute atomic E-state index is 13.1. The van der Waals surface area contributed by atoms with Gasteiger partial charge in [-0.15, -0.1) is 0 Å². The van der Waals surface area contributed by atoms with Crippen LogP contribution in [0.15, 0.2) is 65.6 Å². The lowest BCUT2D eigenvalue weighted by Crippen LogP contribution is -2.16. The summed E-state index contributed by atoms with van der Waals surface area (Å²) in [6.07, 6.45) is 0. The maximum atomic E-state index is 13.1. The van der Waals surface area contributed by atoms with Crippen LogP contribution in [0.2, 0.25) is 5.02 Å². The SMILES string of the molecule is CCOc1ccc(S(=O)(=O)Nc2ccc(OC)cc2OC)cc1NC(=O)c1cccc(Cl)c1. The molecule has 0 spiro atoms. The second-order valence-electron chi connectivity index (χ2n) is 6.73. The van der Waals surface area contributed by atoms with Crippen molar-refractivity contribution in [2.24, 2.45) is 0 Å². The van der Waals surface area contributed by atoms with Crippen molar-refractivity contribution < 1.29 is 27.4 Å². The van der Waals surface area contributed by atoms with Crippen molar-refractivity contribution in [3.8, 4) is 17.2 Å². The first-order chi connectivity index (χ1) is 15.8. The fourth-order valence-corrected chi connectivity index (χ4v) is 4.25. The molecule has 0 aliphatic rings. The van der Waals surface area contributed by atoms with Crippen LogP contribution >= 0.6 is 11.6 Å². The number of sulfonamides is 1. The number of amides is 1. The number of rotatable bonds is 9. The molecule has 10 heteroatoms. The molecule has 0 aromatic heterocycles. The van der Waals surface area contributed by atoms with E-state index >= 15 is 0 Å². The lowest BCUT2D eigenvalue weighted by molar-refractivity contribution is 0.102. The highest BCUT2D eigenvalue weighted by Gasteiger charge is 2.20. The van der Waals surface area contributed by atoms with E-state index in [2.05, 4.69) is 10.0 Å². The van der Waals surface area contributed by atoms with Gasteiger partial charge >= 0.3 is 0 Å². The summed E-state index contributed by atoms with van der Waals surface area (Å²) in [4.78, 5) is 12.6. The number of hydrogen-bond acceptors (Lipinski definition) is 6. The summed E-state index contributed by atoms with van der Waals surface area (Å²) < 4.78 is 44.6. The summed E-state index contributed by atoms with van der Waals surface area (Å²) in [6, 6.07) is 15.3. The zero-order valence-corrected chi connectivity index (χ0v) is 19.8. The molecule has 174 valence electrons. The number of carbonyl (C=O) groups excluding carboxylic acids is 1. The number of hydrogen-bond donors (Lipinski definition) is 2. The molecule has 8 nitrogen and oxygen atoms in total. The van der Waals surface area contributed by atoms with Gasteiger partial charge in [-0.05, 0) is 55.5 Å². The number of ether oxygens (including phenoxy) is 3. The van der Waals surface area contributed by atoms with Crippen molar-refractivity contribution in [1.82, 2.24) is 0 Å². The fourth-order valence-electron chi connectivity index (χ4n) is 2.97. The summed E-state index contributed by atoms with van der Waals surface area (Å²) in [7, 11) is -1.10.